The Hall–Kier alpha value is -2.39. The number of aromatic amines is 1. The number of carbonyl (C=O) groups excluding carboxylic acids is 3. The number of ether oxygens (including phenoxy) is 2. The summed E-state index contributed by atoms with van der Waals surface area (Å²) in [6.45, 7) is 13.6. The molecule has 0 aromatic carbocycles. The Labute approximate surface area is 196 Å². The van der Waals surface area contributed by atoms with Crippen LogP contribution < -0.4 is 5.32 Å². The molecule has 0 unspecified atom stereocenters. The van der Waals surface area contributed by atoms with Gasteiger partial charge < -0.3 is 24.7 Å². The molecule has 33 heavy (non-hydrogen) atoms. The molecule has 0 saturated carbocycles. The lowest BCUT2D eigenvalue weighted by molar-refractivity contribution is -0.126. The summed E-state index contributed by atoms with van der Waals surface area (Å²) in [4.78, 5) is 45.2. The molecule has 2 aliphatic rings. The van der Waals surface area contributed by atoms with Crippen molar-refractivity contribution >= 4 is 17.8 Å². The van der Waals surface area contributed by atoms with Crippen molar-refractivity contribution < 1.29 is 23.9 Å². The van der Waals surface area contributed by atoms with E-state index in [1.807, 2.05) is 11.8 Å². The van der Waals surface area contributed by atoms with Crippen molar-refractivity contribution in [3.8, 4) is 0 Å². The standard InChI is InChI=1S/C24H38N4O5/c1-5-33-24(31)20-17(3)21(26-18(20)4)23(30)28-9-6-19(7-10-28)16(2)22(29)25-8-11-27-12-14-32-15-13-27/h16,19,26H,5-15H2,1-4H3,(H,25,29)/t16-/m0/s1. The first-order valence-electron chi connectivity index (χ1n) is 12.1. The van der Waals surface area contributed by atoms with Gasteiger partial charge >= 0.3 is 5.97 Å². The normalized spacial score (nSPS) is 18.7. The van der Waals surface area contributed by atoms with E-state index < -0.39 is 5.97 Å². The number of amides is 2. The highest BCUT2D eigenvalue weighted by molar-refractivity contribution is 6.00. The number of hydrogen-bond acceptors (Lipinski definition) is 6. The minimum atomic E-state index is -0.407. The van der Waals surface area contributed by atoms with E-state index in [9.17, 15) is 14.4 Å². The molecule has 0 spiro atoms. The van der Waals surface area contributed by atoms with E-state index in [1.165, 1.54) is 0 Å². The molecule has 2 fully saturated rings. The zero-order chi connectivity index (χ0) is 24.0. The summed E-state index contributed by atoms with van der Waals surface area (Å²) in [7, 11) is 0. The van der Waals surface area contributed by atoms with Crippen molar-refractivity contribution in [1.29, 1.82) is 0 Å². The number of carbonyl (C=O) groups is 3. The molecule has 3 heterocycles. The Kier molecular flexibility index (Phi) is 8.91. The molecule has 0 radical (unpaired) electrons. The molecular weight excluding hydrogens is 424 g/mol. The van der Waals surface area contributed by atoms with Crippen LogP contribution in [0.2, 0.25) is 0 Å². The maximum absolute atomic E-state index is 13.1. The van der Waals surface area contributed by atoms with Crippen LogP contribution >= 0.6 is 0 Å². The fourth-order valence-corrected chi connectivity index (χ4v) is 4.77. The minimum absolute atomic E-state index is 0.0861. The second kappa shape index (κ2) is 11.7. The minimum Gasteiger partial charge on any atom is -0.462 e. The van der Waals surface area contributed by atoms with E-state index in [0.717, 1.165) is 45.7 Å². The molecule has 1 aromatic heterocycles. The molecular formula is C24H38N4O5. The lowest BCUT2D eigenvalue weighted by Gasteiger charge is -2.34. The summed E-state index contributed by atoms with van der Waals surface area (Å²) in [6.07, 6.45) is 1.57. The quantitative estimate of drug-likeness (QED) is 0.571. The average Bonchev–Trinajstić information content (AvgIpc) is 3.12. The Balaban J connectivity index is 1.48. The Morgan fingerprint density at radius 1 is 1.15 bits per heavy atom. The largest absolute Gasteiger partial charge is 0.462 e. The first-order chi connectivity index (χ1) is 15.8. The van der Waals surface area contributed by atoms with Gasteiger partial charge in [-0.2, -0.15) is 0 Å². The van der Waals surface area contributed by atoms with Crippen LogP contribution in [0.1, 0.15) is 58.8 Å². The van der Waals surface area contributed by atoms with Crippen molar-refractivity contribution in [1.82, 2.24) is 20.1 Å². The predicted octanol–water partition coefficient (Wildman–Crippen LogP) is 1.74. The van der Waals surface area contributed by atoms with E-state index in [2.05, 4.69) is 15.2 Å². The third-order valence-electron chi connectivity index (χ3n) is 6.91. The summed E-state index contributed by atoms with van der Waals surface area (Å²) < 4.78 is 10.5. The molecule has 0 bridgehead atoms. The number of H-pyrrole nitrogens is 1. The molecule has 9 nitrogen and oxygen atoms in total. The van der Waals surface area contributed by atoms with Crippen LogP contribution in [0.5, 0.6) is 0 Å². The summed E-state index contributed by atoms with van der Waals surface area (Å²) in [5.41, 5.74) is 2.16. The number of aromatic nitrogens is 1. The van der Waals surface area contributed by atoms with Crippen molar-refractivity contribution in [2.75, 3.05) is 59.1 Å². The van der Waals surface area contributed by atoms with Crippen molar-refractivity contribution in [2.45, 2.75) is 40.5 Å². The average molecular weight is 463 g/mol. The summed E-state index contributed by atoms with van der Waals surface area (Å²) >= 11 is 0. The van der Waals surface area contributed by atoms with Gasteiger partial charge in [-0.1, -0.05) is 6.92 Å². The van der Waals surface area contributed by atoms with E-state index >= 15 is 0 Å². The molecule has 1 atom stereocenters. The fraction of sp³-hybridized carbons (Fsp3) is 0.708. The van der Waals surface area contributed by atoms with Crippen molar-refractivity contribution in [3.05, 3.63) is 22.5 Å². The van der Waals surface area contributed by atoms with Gasteiger partial charge in [-0.3, -0.25) is 14.5 Å². The first kappa shape index (κ1) is 25.2. The Bertz CT molecular complexity index is 838. The van der Waals surface area contributed by atoms with Crippen LogP contribution in [0.25, 0.3) is 0 Å². The first-order valence-corrected chi connectivity index (χ1v) is 12.1. The zero-order valence-electron chi connectivity index (χ0n) is 20.4. The third kappa shape index (κ3) is 6.14. The Morgan fingerprint density at radius 3 is 2.45 bits per heavy atom. The summed E-state index contributed by atoms with van der Waals surface area (Å²) in [6, 6.07) is 0. The Morgan fingerprint density at radius 2 is 1.82 bits per heavy atom. The van der Waals surface area contributed by atoms with Crippen LogP contribution in [0.15, 0.2) is 0 Å². The maximum atomic E-state index is 13.1. The molecule has 9 heteroatoms. The van der Waals surface area contributed by atoms with Gasteiger partial charge in [-0.15, -0.1) is 0 Å². The highest BCUT2D eigenvalue weighted by Crippen LogP contribution is 2.27. The number of nitrogens with one attached hydrogen (secondary N) is 2. The molecule has 2 saturated heterocycles. The van der Waals surface area contributed by atoms with Gasteiger partial charge in [0.1, 0.15) is 5.69 Å². The second-order valence-electron chi connectivity index (χ2n) is 9.01. The van der Waals surface area contributed by atoms with Crippen LogP contribution in [0.4, 0.5) is 0 Å². The van der Waals surface area contributed by atoms with Gasteiger partial charge in [-0.25, -0.2) is 4.79 Å². The lowest BCUT2D eigenvalue weighted by Crippen LogP contribution is -2.45. The monoisotopic (exact) mass is 462 g/mol. The fourth-order valence-electron chi connectivity index (χ4n) is 4.77. The van der Waals surface area contributed by atoms with Crippen LogP contribution in [0.3, 0.4) is 0 Å². The number of morpholine rings is 1. The topological polar surface area (TPSA) is 104 Å². The highest BCUT2D eigenvalue weighted by Gasteiger charge is 2.32. The number of rotatable bonds is 8. The number of aryl methyl sites for hydroxylation is 1. The smallest absolute Gasteiger partial charge is 0.340 e. The van der Waals surface area contributed by atoms with Crippen molar-refractivity contribution in [3.63, 3.8) is 0 Å². The number of nitrogens with zero attached hydrogens (tertiary/aromatic N) is 2. The third-order valence-corrected chi connectivity index (χ3v) is 6.91. The number of hydrogen-bond donors (Lipinski definition) is 2. The van der Waals surface area contributed by atoms with Gasteiger partial charge in [0, 0.05) is 50.9 Å². The second-order valence-corrected chi connectivity index (χ2v) is 9.01. The lowest BCUT2D eigenvalue weighted by atomic mass is 9.84. The molecule has 2 amide bonds. The van der Waals surface area contributed by atoms with Gasteiger partial charge in [0.05, 0.1) is 25.4 Å². The van der Waals surface area contributed by atoms with Crippen LogP contribution in [-0.2, 0) is 14.3 Å². The zero-order valence-corrected chi connectivity index (χ0v) is 20.4. The van der Waals surface area contributed by atoms with Gasteiger partial charge in [-0.05, 0) is 45.1 Å². The SMILES string of the molecule is CCOC(=O)c1c(C)[nH]c(C(=O)N2CCC([C@H](C)C(=O)NCCN3CCOCC3)CC2)c1C. The van der Waals surface area contributed by atoms with Crippen molar-refractivity contribution in [2.24, 2.45) is 11.8 Å². The van der Waals surface area contributed by atoms with E-state index in [4.69, 9.17) is 9.47 Å². The molecule has 2 aliphatic heterocycles. The van der Waals surface area contributed by atoms with Gasteiger partial charge in [0.25, 0.3) is 5.91 Å². The maximum Gasteiger partial charge on any atom is 0.340 e. The highest BCUT2D eigenvalue weighted by atomic mass is 16.5. The summed E-state index contributed by atoms with van der Waals surface area (Å²) in [5, 5.41) is 3.07. The van der Waals surface area contributed by atoms with Gasteiger partial charge in [0.15, 0.2) is 0 Å². The van der Waals surface area contributed by atoms with E-state index in [-0.39, 0.29) is 23.7 Å². The summed E-state index contributed by atoms with van der Waals surface area (Å²) in [5.74, 6) is -0.263. The molecule has 1 aromatic rings. The molecule has 2 N–H and O–H groups in total. The van der Waals surface area contributed by atoms with Crippen LogP contribution in [-0.4, -0.2) is 91.7 Å². The molecule has 184 valence electrons. The molecule has 3 rings (SSSR count). The van der Waals surface area contributed by atoms with E-state index in [0.29, 0.717) is 48.8 Å². The van der Waals surface area contributed by atoms with E-state index in [1.54, 1.807) is 20.8 Å². The number of likely N-dealkylation sites (tertiary alicyclic amines) is 1. The molecule has 0 aliphatic carbocycles. The van der Waals surface area contributed by atoms with Crippen LogP contribution in [0, 0.1) is 25.7 Å². The number of esters is 1. The predicted molar refractivity (Wildman–Crippen MR) is 124 cm³/mol. The number of piperidine rings is 1. The van der Waals surface area contributed by atoms with Gasteiger partial charge in [0.2, 0.25) is 5.91 Å².